The third-order valence-electron chi connectivity index (χ3n) is 7.32. The minimum Gasteiger partial charge on any atom is -0.309 e. The van der Waals surface area contributed by atoms with E-state index in [1.165, 1.54) is 75.8 Å². The van der Waals surface area contributed by atoms with Crippen molar-refractivity contribution in [2.75, 3.05) is 52.4 Å². The molecule has 2 aromatic rings. The fraction of sp³-hybridized carbons (Fsp3) is 0.586. The molecule has 4 heteroatoms. The molecule has 0 bridgehead atoms. The number of rotatable bonds is 12. The topological polar surface area (TPSA) is 30.5 Å². The summed E-state index contributed by atoms with van der Waals surface area (Å²) in [7, 11) is 0. The van der Waals surface area contributed by atoms with Gasteiger partial charge >= 0.3 is 0 Å². The lowest BCUT2D eigenvalue weighted by atomic mass is 10.0. The first kappa shape index (κ1) is 24.4. The van der Waals surface area contributed by atoms with Crippen molar-refractivity contribution in [2.45, 2.75) is 57.0 Å². The van der Waals surface area contributed by atoms with Crippen LogP contribution in [-0.2, 0) is 0 Å². The molecule has 2 aliphatic heterocycles. The predicted molar refractivity (Wildman–Crippen MR) is 140 cm³/mol. The zero-order chi connectivity index (χ0) is 22.6. The minimum absolute atomic E-state index is 0.419. The lowest BCUT2D eigenvalue weighted by Gasteiger charge is -2.32. The number of nitrogens with zero attached hydrogens (tertiary/aromatic N) is 2. The summed E-state index contributed by atoms with van der Waals surface area (Å²) in [4.78, 5) is 5.30. The molecule has 0 radical (unpaired) electrons. The van der Waals surface area contributed by atoms with Gasteiger partial charge in [0, 0.05) is 25.2 Å². The van der Waals surface area contributed by atoms with Crippen molar-refractivity contribution in [3.63, 3.8) is 0 Å². The molecule has 2 N–H and O–H groups in total. The molecule has 0 amide bonds. The van der Waals surface area contributed by atoms with Crippen LogP contribution in [0, 0.1) is 0 Å². The summed E-state index contributed by atoms with van der Waals surface area (Å²) in [6.07, 6.45) is 9.34. The molecule has 2 atom stereocenters. The molecule has 4 nitrogen and oxygen atoms in total. The Morgan fingerprint density at radius 3 is 1.33 bits per heavy atom. The molecule has 2 saturated heterocycles. The van der Waals surface area contributed by atoms with Gasteiger partial charge in [-0.1, -0.05) is 73.5 Å². The second kappa shape index (κ2) is 13.9. The molecule has 180 valence electrons. The summed E-state index contributed by atoms with van der Waals surface area (Å²) in [5.74, 6) is 0. The van der Waals surface area contributed by atoms with E-state index < -0.39 is 0 Å². The highest BCUT2D eigenvalue weighted by Gasteiger charge is 2.19. The van der Waals surface area contributed by atoms with Crippen LogP contribution in [0.3, 0.4) is 0 Å². The van der Waals surface area contributed by atoms with Gasteiger partial charge in [0.15, 0.2) is 0 Å². The van der Waals surface area contributed by atoms with Crippen LogP contribution in [0.5, 0.6) is 0 Å². The molecule has 2 fully saturated rings. The standard InChI is InChI=1S/C29H44N4/c1-5-14-26(15-6-1)28(24-32-20-9-3-10-21-32)30-18-13-19-31-29(27-16-7-2-8-17-27)25-33-22-11-4-12-23-33/h1-2,5-8,14-17,28-31H,3-4,9-13,18-25H2/t28-,29-/m0/s1. The lowest BCUT2D eigenvalue weighted by Crippen LogP contribution is -2.40. The monoisotopic (exact) mass is 448 g/mol. The van der Waals surface area contributed by atoms with Crippen molar-refractivity contribution in [3.05, 3.63) is 71.8 Å². The smallest absolute Gasteiger partial charge is 0.0449 e. The van der Waals surface area contributed by atoms with Crippen molar-refractivity contribution in [3.8, 4) is 0 Å². The van der Waals surface area contributed by atoms with Gasteiger partial charge in [0.1, 0.15) is 0 Å². The van der Waals surface area contributed by atoms with Crippen molar-refractivity contribution in [1.82, 2.24) is 20.4 Å². The number of hydrogen-bond acceptors (Lipinski definition) is 4. The fourth-order valence-electron chi connectivity index (χ4n) is 5.39. The molecule has 0 aliphatic carbocycles. The first-order chi connectivity index (χ1) is 16.4. The minimum atomic E-state index is 0.419. The largest absolute Gasteiger partial charge is 0.309 e. The van der Waals surface area contributed by atoms with Gasteiger partial charge in [-0.25, -0.2) is 0 Å². The Kier molecular flexibility index (Phi) is 10.2. The van der Waals surface area contributed by atoms with Crippen LogP contribution < -0.4 is 10.6 Å². The third kappa shape index (κ3) is 8.22. The quantitative estimate of drug-likeness (QED) is 0.447. The molecule has 4 rings (SSSR count). The molecule has 2 heterocycles. The Bertz CT molecular complexity index is 688. The summed E-state index contributed by atoms with van der Waals surface area (Å²) in [6, 6.07) is 22.9. The van der Waals surface area contributed by atoms with E-state index >= 15 is 0 Å². The highest BCUT2D eigenvalue weighted by molar-refractivity contribution is 5.20. The van der Waals surface area contributed by atoms with Crippen LogP contribution >= 0.6 is 0 Å². The van der Waals surface area contributed by atoms with Crippen molar-refractivity contribution in [1.29, 1.82) is 0 Å². The van der Waals surface area contributed by atoms with Crippen LogP contribution in [0.15, 0.2) is 60.7 Å². The van der Waals surface area contributed by atoms with Crippen LogP contribution in [0.25, 0.3) is 0 Å². The predicted octanol–water partition coefficient (Wildman–Crippen LogP) is 5.01. The zero-order valence-corrected chi connectivity index (χ0v) is 20.4. The van der Waals surface area contributed by atoms with Crippen LogP contribution in [0.2, 0.25) is 0 Å². The summed E-state index contributed by atoms with van der Waals surface area (Å²) < 4.78 is 0. The van der Waals surface area contributed by atoms with Gasteiger partial charge in [0.25, 0.3) is 0 Å². The van der Waals surface area contributed by atoms with E-state index in [9.17, 15) is 0 Å². The summed E-state index contributed by atoms with van der Waals surface area (Å²) >= 11 is 0. The number of hydrogen-bond donors (Lipinski definition) is 2. The normalized spacial score (nSPS) is 19.9. The van der Waals surface area contributed by atoms with E-state index in [0.717, 1.165) is 32.6 Å². The van der Waals surface area contributed by atoms with E-state index in [4.69, 9.17) is 0 Å². The van der Waals surface area contributed by atoms with Gasteiger partial charge < -0.3 is 20.4 Å². The van der Waals surface area contributed by atoms with E-state index in [1.807, 2.05) is 0 Å². The third-order valence-corrected chi connectivity index (χ3v) is 7.32. The van der Waals surface area contributed by atoms with Crippen molar-refractivity contribution in [2.24, 2.45) is 0 Å². The second-order valence-electron chi connectivity index (χ2n) is 9.91. The number of likely N-dealkylation sites (tertiary alicyclic amines) is 2. The van der Waals surface area contributed by atoms with Gasteiger partial charge in [0.2, 0.25) is 0 Å². The van der Waals surface area contributed by atoms with E-state index in [1.54, 1.807) is 0 Å². The van der Waals surface area contributed by atoms with Crippen LogP contribution in [0.4, 0.5) is 0 Å². The molecule has 2 aromatic carbocycles. The van der Waals surface area contributed by atoms with Gasteiger partial charge in [-0.15, -0.1) is 0 Å². The molecular weight excluding hydrogens is 404 g/mol. The summed E-state index contributed by atoms with van der Waals surface area (Å²) in [5.41, 5.74) is 2.84. The number of benzene rings is 2. The Balaban J connectivity index is 1.26. The Hall–Kier alpha value is -1.72. The number of piperidine rings is 2. The summed E-state index contributed by atoms with van der Waals surface area (Å²) in [5, 5.41) is 7.77. The van der Waals surface area contributed by atoms with E-state index in [0.29, 0.717) is 12.1 Å². The van der Waals surface area contributed by atoms with Crippen molar-refractivity contribution >= 4 is 0 Å². The van der Waals surface area contributed by atoms with Gasteiger partial charge in [-0.3, -0.25) is 0 Å². The maximum Gasteiger partial charge on any atom is 0.0449 e. The molecule has 2 aliphatic rings. The van der Waals surface area contributed by atoms with Gasteiger partial charge in [-0.2, -0.15) is 0 Å². The maximum atomic E-state index is 3.89. The molecule has 0 aromatic heterocycles. The Labute approximate surface area is 201 Å². The maximum absolute atomic E-state index is 3.89. The lowest BCUT2D eigenvalue weighted by molar-refractivity contribution is 0.202. The average Bonchev–Trinajstić information content (AvgIpc) is 2.89. The molecule has 0 unspecified atom stereocenters. The molecule has 33 heavy (non-hydrogen) atoms. The van der Waals surface area contributed by atoms with E-state index in [2.05, 4.69) is 81.1 Å². The highest BCUT2D eigenvalue weighted by atomic mass is 15.2. The Morgan fingerprint density at radius 2 is 0.939 bits per heavy atom. The molecule has 0 saturated carbocycles. The SMILES string of the molecule is c1ccc([C@H](CN2CCCCC2)NCCCN[C@@H](CN2CCCCC2)c2ccccc2)cc1. The molecular formula is C29H44N4. The second-order valence-corrected chi connectivity index (χ2v) is 9.91. The number of nitrogens with one attached hydrogen (secondary N) is 2. The zero-order valence-electron chi connectivity index (χ0n) is 20.4. The average molecular weight is 449 g/mol. The van der Waals surface area contributed by atoms with Crippen LogP contribution in [0.1, 0.15) is 68.2 Å². The fourth-order valence-corrected chi connectivity index (χ4v) is 5.39. The Morgan fingerprint density at radius 1 is 0.545 bits per heavy atom. The molecule has 0 spiro atoms. The van der Waals surface area contributed by atoms with Gasteiger partial charge in [-0.05, 0) is 82.5 Å². The first-order valence-corrected chi connectivity index (χ1v) is 13.4. The summed E-state index contributed by atoms with van der Waals surface area (Å²) in [6.45, 7) is 9.35. The first-order valence-electron chi connectivity index (χ1n) is 13.4. The van der Waals surface area contributed by atoms with Crippen molar-refractivity contribution < 1.29 is 0 Å². The highest BCUT2D eigenvalue weighted by Crippen LogP contribution is 2.19. The van der Waals surface area contributed by atoms with E-state index in [-0.39, 0.29) is 0 Å². The van der Waals surface area contributed by atoms with Gasteiger partial charge in [0.05, 0.1) is 0 Å². The van der Waals surface area contributed by atoms with Crippen LogP contribution in [-0.4, -0.2) is 62.2 Å².